The van der Waals surface area contributed by atoms with Gasteiger partial charge in [0.1, 0.15) is 5.60 Å². The number of rotatable bonds is 5. The largest absolute Gasteiger partial charge is 0.460 e. The van der Waals surface area contributed by atoms with Gasteiger partial charge in [-0.05, 0) is 39.5 Å². The lowest BCUT2D eigenvalue weighted by molar-refractivity contribution is -0.156. The van der Waals surface area contributed by atoms with Crippen LogP contribution in [0.2, 0.25) is 0 Å². The maximum absolute atomic E-state index is 11.2. The summed E-state index contributed by atoms with van der Waals surface area (Å²) in [6.45, 7) is 6.91. The van der Waals surface area contributed by atoms with Gasteiger partial charge in [0.2, 0.25) is 0 Å². The second-order valence-corrected chi connectivity index (χ2v) is 4.85. The van der Waals surface area contributed by atoms with Crippen molar-refractivity contribution in [3.8, 4) is 0 Å². The Kier molecular flexibility index (Phi) is 3.93. The van der Waals surface area contributed by atoms with Crippen molar-refractivity contribution in [3.63, 3.8) is 0 Å². The standard InChI is InChI=1S/C11H20O3/c1-11(2,3)14-10(12)6-7-13-8-9-4-5-9/h9H,4-8H2,1-3H3. The molecule has 14 heavy (non-hydrogen) atoms. The minimum atomic E-state index is -0.381. The fraction of sp³-hybridized carbons (Fsp3) is 0.909. The highest BCUT2D eigenvalue weighted by molar-refractivity contribution is 5.69. The van der Waals surface area contributed by atoms with E-state index < -0.39 is 0 Å². The summed E-state index contributed by atoms with van der Waals surface area (Å²) in [5, 5.41) is 0. The molecule has 0 saturated heterocycles. The van der Waals surface area contributed by atoms with Crippen LogP contribution < -0.4 is 0 Å². The number of carbonyl (C=O) groups is 1. The highest BCUT2D eigenvalue weighted by Gasteiger charge is 2.21. The summed E-state index contributed by atoms with van der Waals surface area (Å²) in [6.07, 6.45) is 2.93. The first-order valence-corrected chi connectivity index (χ1v) is 5.27. The Morgan fingerprint density at radius 1 is 1.36 bits per heavy atom. The van der Waals surface area contributed by atoms with E-state index >= 15 is 0 Å². The van der Waals surface area contributed by atoms with Crippen LogP contribution in [-0.2, 0) is 14.3 Å². The van der Waals surface area contributed by atoms with Crippen molar-refractivity contribution < 1.29 is 14.3 Å². The summed E-state index contributed by atoms with van der Waals surface area (Å²) in [7, 11) is 0. The zero-order chi connectivity index (χ0) is 10.6. The van der Waals surface area contributed by atoms with Crippen molar-refractivity contribution in [2.75, 3.05) is 13.2 Å². The third-order valence-corrected chi connectivity index (χ3v) is 1.92. The quantitative estimate of drug-likeness (QED) is 0.504. The van der Waals surface area contributed by atoms with Gasteiger partial charge in [-0.2, -0.15) is 0 Å². The summed E-state index contributed by atoms with van der Waals surface area (Å²) >= 11 is 0. The van der Waals surface area contributed by atoms with Crippen molar-refractivity contribution in [3.05, 3.63) is 0 Å². The Labute approximate surface area is 85.8 Å². The smallest absolute Gasteiger partial charge is 0.308 e. The van der Waals surface area contributed by atoms with Crippen LogP contribution >= 0.6 is 0 Å². The van der Waals surface area contributed by atoms with Crippen molar-refractivity contribution in [1.29, 1.82) is 0 Å². The third kappa shape index (κ3) is 5.97. The topological polar surface area (TPSA) is 35.5 Å². The molecule has 0 aromatic rings. The normalized spacial score (nSPS) is 16.8. The Morgan fingerprint density at radius 2 is 2.00 bits per heavy atom. The van der Waals surface area contributed by atoms with Crippen molar-refractivity contribution >= 4 is 5.97 Å². The molecule has 1 aliphatic carbocycles. The summed E-state index contributed by atoms with van der Waals surface area (Å²) < 4.78 is 10.5. The summed E-state index contributed by atoms with van der Waals surface area (Å²) in [5.74, 6) is 0.585. The average molecular weight is 200 g/mol. The molecule has 0 heterocycles. The SMILES string of the molecule is CC(C)(C)OC(=O)CCOCC1CC1. The lowest BCUT2D eigenvalue weighted by Crippen LogP contribution is -2.24. The molecule has 0 aromatic heterocycles. The van der Waals surface area contributed by atoms with E-state index in [1.54, 1.807) is 0 Å². The van der Waals surface area contributed by atoms with Crippen molar-refractivity contribution in [1.82, 2.24) is 0 Å². The van der Waals surface area contributed by atoms with Crippen LogP contribution in [-0.4, -0.2) is 24.8 Å². The summed E-state index contributed by atoms with van der Waals surface area (Å²) in [4.78, 5) is 11.2. The first kappa shape index (κ1) is 11.5. The van der Waals surface area contributed by atoms with Crippen molar-refractivity contribution in [2.24, 2.45) is 5.92 Å². The van der Waals surface area contributed by atoms with E-state index in [4.69, 9.17) is 9.47 Å². The van der Waals surface area contributed by atoms with E-state index in [1.807, 2.05) is 20.8 Å². The molecule has 0 aliphatic heterocycles. The Morgan fingerprint density at radius 3 is 2.50 bits per heavy atom. The van der Waals surface area contributed by atoms with Gasteiger partial charge in [-0.25, -0.2) is 0 Å². The van der Waals surface area contributed by atoms with Crippen LogP contribution in [0.5, 0.6) is 0 Å². The fourth-order valence-corrected chi connectivity index (χ4v) is 1.08. The first-order valence-electron chi connectivity index (χ1n) is 5.27. The van der Waals surface area contributed by atoms with E-state index in [9.17, 15) is 4.79 Å². The predicted octanol–water partition coefficient (Wildman–Crippen LogP) is 2.14. The van der Waals surface area contributed by atoms with E-state index in [0.29, 0.717) is 13.0 Å². The van der Waals surface area contributed by atoms with Gasteiger partial charge < -0.3 is 9.47 Å². The predicted molar refractivity (Wildman–Crippen MR) is 54.0 cm³/mol. The van der Waals surface area contributed by atoms with Crippen LogP contribution in [0.1, 0.15) is 40.0 Å². The van der Waals surface area contributed by atoms with E-state index in [0.717, 1.165) is 12.5 Å². The van der Waals surface area contributed by atoms with Gasteiger partial charge in [-0.3, -0.25) is 4.79 Å². The molecule has 0 atom stereocenters. The van der Waals surface area contributed by atoms with E-state index in [1.165, 1.54) is 12.8 Å². The Balaban J connectivity index is 1.96. The highest BCUT2D eigenvalue weighted by Crippen LogP contribution is 2.28. The maximum atomic E-state index is 11.2. The van der Waals surface area contributed by atoms with Gasteiger partial charge in [-0.1, -0.05) is 0 Å². The number of esters is 1. The monoisotopic (exact) mass is 200 g/mol. The van der Waals surface area contributed by atoms with Gasteiger partial charge in [0.05, 0.1) is 13.0 Å². The molecule has 3 nitrogen and oxygen atoms in total. The molecule has 0 amide bonds. The molecule has 0 spiro atoms. The third-order valence-electron chi connectivity index (χ3n) is 1.92. The molecule has 0 unspecified atom stereocenters. The molecule has 0 aromatic carbocycles. The van der Waals surface area contributed by atoms with E-state index in [-0.39, 0.29) is 11.6 Å². The van der Waals surface area contributed by atoms with Crippen molar-refractivity contribution in [2.45, 2.75) is 45.6 Å². The summed E-state index contributed by atoms with van der Waals surface area (Å²) in [5.41, 5.74) is -0.381. The van der Waals surface area contributed by atoms with Crippen LogP contribution in [0, 0.1) is 5.92 Å². The second kappa shape index (κ2) is 4.78. The van der Waals surface area contributed by atoms with Gasteiger partial charge in [-0.15, -0.1) is 0 Å². The molecule has 0 radical (unpaired) electrons. The van der Waals surface area contributed by atoms with Crippen LogP contribution in [0.25, 0.3) is 0 Å². The molecule has 1 rings (SSSR count). The number of hydrogen-bond acceptors (Lipinski definition) is 3. The zero-order valence-electron chi connectivity index (χ0n) is 9.34. The molecule has 1 aliphatic rings. The lowest BCUT2D eigenvalue weighted by atomic mass is 10.2. The molecular weight excluding hydrogens is 180 g/mol. The van der Waals surface area contributed by atoms with Gasteiger partial charge in [0, 0.05) is 6.61 Å². The van der Waals surface area contributed by atoms with E-state index in [2.05, 4.69) is 0 Å². The minimum absolute atomic E-state index is 0.173. The molecular formula is C11H20O3. The Bertz CT molecular complexity index is 189. The minimum Gasteiger partial charge on any atom is -0.460 e. The number of carbonyl (C=O) groups excluding carboxylic acids is 1. The van der Waals surface area contributed by atoms with Crippen LogP contribution in [0.3, 0.4) is 0 Å². The Hall–Kier alpha value is -0.570. The number of ether oxygens (including phenoxy) is 2. The molecule has 1 saturated carbocycles. The molecule has 1 fully saturated rings. The van der Waals surface area contributed by atoms with Crippen LogP contribution in [0.4, 0.5) is 0 Å². The number of hydrogen-bond donors (Lipinski definition) is 0. The molecule has 3 heteroatoms. The van der Waals surface area contributed by atoms with Gasteiger partial charge >= 0.3 is 5.97 Å². The van der Waals surface area contributed by atoms with Gasteiger partial charge in [0.25, 0.3) is 0 Å². The molecule has 0 bridgehead atoms. The molecule has 0 N–H and O–H groups in total. The molecule has 82 valence electrons. The zero-order valence-corrected chi connectivity index (χ0v) is 9.34. The van der Waals surface area contributed by atoms with Crippen LogP contribution in [0.15, 0.2) is 0 Å². The second-order valence-electron chi connectivity index (χ2n) is 4.85. The summed E-state index contributed by atoms with van der Waals surface area (Å²) in [6, 6.07) is 0. The first-order chi connectivity index (χ1) is 6.47. The highest BCUT2D eigenvalue weighted by atomic mass is 16.6. The average Bonchev–Trinajstić information content (AvgIpc) is 2.77. The van der Waals surface area contributed by atoms with Gasteiger partial charge in [0.15, 0.2) is 0 Å². The maximum Gasteiger partial charge on any atom is 0.308 e. The lowest BCUT2D eigenvalue weighted by Gasteiger charge is -2.19. The fourth-order valence-electron chi connectivity index (χ4n) is 1.08.